The van der Waals surface area contributed by atoms with E-state index in [9.17, 15) is 13.2 Å². The summed E-state index contributed by atoms with van der Waals surface area (Å²) >= 11 is 0. The topological polar surface area (TPSA) is 83.5 Å². The first-order valence-electron chi connectivity index (χ1n) is 8.44. The first-order valence-corrected chi connectivity index (χ1v) is 10.3. The van der Waals surface area contributed by atoms with Gasteiger partial charge in [0, 0.05) is 26.2 Å². The van der Waals surface area contributed by atoms with E-state index in [2.05, 4.69) is 28.9 Å². The molecule has 134 valence electrons. The van der Waals surface area contributed by atoms with Crippen LogP contribution in [0.1, 0.15) is 43.6 Å². The molecule has 1 unspecified atom stereocenters. The van der Waals surface area contributed by atoms with E-state index in [-0.39, 0.29) is 29.1 Å². The molecule has 1 fully saturated rings. The third kappa shape index (κ3) is 4.43. The second-order valence-electron chi connectivity index (χ2n) is 6.24. The Hall–Kier alpha value is -1.70. The molecule has 0 aromatic carbocycles. The summed E-state index contributed by atoms with van der Waals surface area (Å²) in [6.45, 7) is 6.02. The molecule has 0 N–H and O–H groups in total. The Morgan fingerprint density at radius 2 is 1.88 bits per heavy atom. The third-order valence-corrected chi connectivity index (χ3v) is 6.01. The van der Waals surface area contributed by atoms with Crippen LogP contribution in [-0.2, 0) is 9.84 Å². The number of hydrogen-bond acceptors (Lipinski definition) is 6. The maximum atomic E-state index is 12.5. The number of amides is 1. The van der Waals surface area contributed by atoms with E-state index in [1.165, 1.54) is 4.90 Å². The summed E-state index contributed by atoms with van der Waals surface area (Å²) in [5, 5.41) is 8.25. The van der Waals surface area contributed by atoms with Crippen LogP contribution in [0.3, 0.4) is 0 Å². The quantitative estimate of drug-likeness (QED) is 0.735. The number of nitrogens with zero attached hydrogens (tertiary/aromatic N) is 4. The summed E-state index contributed by atoms with van der Waals surface area (Å²) in [4.78, 5) is 16.1. The minimum absolute atomic E-state index is 0.0293. The lowest BCUT2D eigenvalue weighted by molar-refractivity contribution is 0.0740. The van der Waals surface area contributed by atoms with E-state index in [4.69, 9.17) is 0 Å². The first-order chi connectivity index (χ1) is 11.4. The first kappa shape index (κ1) is 18.6. The zero-order chi connectivity index (χ0) is 17.7. The van der Waals surface area contributed by atoms with Gasteiger partial charge in [-0.3, -0.25) is 4.79 Å². The van der Waals surface area contributed by atoms with E-state index in [0.717, 1.165) is 31.7 Å². The Labute approximate surface area is 144 Å². The lowest BCUT2D eigenvalue weighted by atomic mass is 10.2. The molecule has 1 aliphatic heterocycles. The highest BCUT2D eigenvalue weighted by atomic mass is 32.2. The number of carbonyl (C=O) groups is 1. The molecular formula is C16H26N4O3S. The van der Waals surface area contributed by atoms with Crippen LogP contribution in [0.2, 0.25) is 0 Å². The normalized spacial score (nSPS) is 19.2. The molecule has 1 aromatic heterocycles. The van der Waals surface area contributed by atoms with Gasteiger partial charge in [-0.2, -0.15) is 0 Å². The van der Waals surface area contributed by atoms with Crippen molar-refractivity contribution in [1.29, 1.82) is 0 Å². The molecule has 8 heteroatoms. The van der Waals surface area contributed by atoms with Gasteiger partial charge in [-0.1, -0.05) is 13.8 Å². The van der Waals surface area contributed by atoms with Crippen molar-refractivity contribution in [1.82, 2.24) is 15.1 Å². The predicted molar refractivity (Wildman–Crippen MR) is 94.0 cm³/mol. The number of anilines is 1. The Morgan fingerprint density at radius 3 is 2.33 bits per heavy atom. The number of rotatable bonds is 7. The molecule has 0 spiro atoms. The molecule has 1 saturated heterocycles. The highest BCUT2D eigenvalue weighted by molar-refractivity contribution is 7.91. The summed E-state index contributed by atoms with van der Waals surface area (Å²) in [5.41, 5.74) is 0.249. The molecule has 1 aliphatic rings. The molecule has 7 nitrogen and oxygen atoms in total. The molecule has 1 amide bonds. The highest BCUT2D eigenvalue weighted by Gasteiger charge is 2.33. The fourth-order valence-electron chi connectivity index (χ4n) is 2.92. The van der Waals surface area contributed by atoms with Crippen LogP contribution in [-0.4, -0.2) is 67.1 Å². The molecule has 1 atom stereocenters. The molecule has 2 heterocycles. The van der Waals surface area contributed by atoms with E-state index in [1.54, 1.807) is 13.1 Å². The van der Waals surface area contributed by atoms with E-state index in [1.807, 2.05) is 6.07 Å². The monoisotopic (exact) mass is 354 g/mol. The van der Waals surface area contributed by atoms with Crippen LogP contribution in [0, 0.1) is 0 Å². The average molecular weight is 354 g/mol. The van der Waals surface area contributed by atoms with Crippen molar-refractivity contribution in [3.8, 4) is 0 Å². The summed E-state index contributed by atoms with van der Waals surface area (Å²) in [6, 6.07) is 3.20. The van der Waals surface area contributed by atoms with Gasteiger partial charge in [0.2, 0.25) is 0 Å². The van der Waals surface area contributed by atoms with Gasteiger partial charge in [0.05, 0.1) is 11.5 Å². The van der Waals surface area contributed by atoms with Gasteiger partial charge < -0.3 is 9.80 Å². The van der Waals surface area contributed by atoms with Crippen LogP contribution < -0.4 is 4.90 Å². The minimum Gasteiger partial charge on any atom is -0.355 e. The third-order valence-electron chi connectivity index (χ3n) is 4.26. The van der Waals surface area contributed by atoms with Crippen LogP contribution in [0.25, 0.3) is 0 Å². The van der Waals surface area contributed by atoms with Gasteiger partial charge in [-0.15, -0.1) is 10.2 Å². The van der Waals surface area contributed by atoms with E-state index in [0.29, 0.717) is 6.42 Å². The van der Waals surface area contributed by atoms with Crippen molar-refractivity contribution in [3.05, 3.63) is 17.8 Å². The maximum Gasteiger partial charge on any atom is 0.274 e. The Kier molecular flexibility index (Phi) is 6.15. The summed E-state index contributed by atoms with van der Waals surface area (Å²) in [6.07, 6.45) is 2.51. The van der Waals surface area contributed by atoms with Gasteiger partial charge >= 0.3 is 0 Å². The standard InChI is InChI=1S/C16H26N4O3S/c1-4-9-20(10-5-2)15-7-6-14(17-18-15)16(21)19(3)13-8-11-24(22,23)12-13/h6-7,13H,4-5,8-12H2,1-3H3. The minimum atomic E-state index is -3.02. The average Bonchev–Trinajstić information content (AvgIpc) is 2.93. The summed E-state index contributed by atoms with van der Waals surface area (Å²) in [7, 11) is -1.39. The van der Waals surface area contributed by atoms with Crippen LogP contribution >= 0.6 is 0 Å². The molecule has 1 aromatic rings. The highest BCUT2D eigenvalue weighted by Crippen LogP contribution is 2.18. The van der Waals surface area contributed by atoms with Gasteiger partial charge in [-0.25, -0.2) is 8.42 Å². The lowest BCUT2D eigenvalue weighted by Crippen LogP contribution is -2.38. The van der Waals surface area contributed by atoms with Crippen LogP contribution in [0.5, 0.6) is 0 Å². The molecule has 0 aliphatic carbocycles. The smallest absolute Gasteiger partial charge is 0.274 e. The fraction of sp³-hybridized carbons (Fsp3) is 0.688. The zero-order valence-corrected chi connectivity index (χ0v) is 15.4. The second kappa shape index (κ2) is 7.92. The number of hydrogen-bond donors (Lipinski definition) is 0. The van der Waals surface area contributed by atoms with E-state index >= 15 is 0 Å². The van der Waals surface area contributed by atoms with Crippen molar-refractivity contribution in [2.24, 2.45) is 0 Å². The Bertz CT molecular complexity index is 654. The van der Waals surface area contributed by atoms with Crippen molar-refractivity contribution < 1.29 is 13.2 Å². The molecule has 2 rings (SSSR count). The molecule has 0 saturated carbocycles. The van der Waals surface area contributed by atoms with Crippen LogP contribution in [0.4, 0.5) is 5.82 Å². The van der Waals surface area contributed by atoms with Gasteiger partial charge in [0.25, 0.3) is 5.91 Å². The maximum absolute atomic E-state index is 12.5. The van der Waals surface area contributed by atoms with Gasteiger partial charge in [0.15, 0.2) is 21.3 Å². The van der Waals surface area contributed by atoms with E-state index < -0.39 is 9.84 Å². The van der Waals surface area contributed by atoms with Crippen molar-refractivity contribution >= 4 is 21.6 Å². The predicted octanol–water partition coefficient (Wildman–Crippen LogP) is 1.36. The van der Waals surface area contributed by atoms with Crippen molar-refractivity contribution in [2.75, 3.05) is 36.5 Å². The van der Waals surface area contributed by atoms with Crippen LogP contribution in [0.15, 0.2) is 12.1 Å². The summed E-state index contributed by atoms with van der Waals surface area (Å²) < 4.78 is 23.2. The molecule has 24 heavy (non-hydrogen) atoms. The molecular weight excluding hydrogens is 328 g/mol. The fourth-order valence-corrected chi connectivity index (χ4v) is 4.69. The number of aromatic nitrogens is 2. The summed E-state index contributed by atoms with van der Waals surface area (Å²) in [5.74, 6) is 0.653. The SMILES string of the molecule is CCCN(CCC)c1ccc(C(=O)N(C)C2CCS(=O)(=O)C2)nn1. The van der Waals surface area contributed by atoms with Gasteiger partial charge in [0.1, 0.15) is 0 Å². The van der Waals surface area contributed by atoms with Crippen molar-refractivity contribution in [2.45, 2.75) is 39.2 Å². The largest absolute Gasteiger partial charge is 0.355 e. The Morgan fingerprint density at radius 1 is 1.21 bits per heavy atom. The number of sulfone groups is 1. The molecule has 0 bridgehead atoms. The van der Waals surface area contributed by atoms with Gasteiger partial charge in [-0.05, 0) is 31.4 Å². The Balaban J connectivity index is 2.08. The number of carbonyl (C=O) groups excluding carboxylic acids is 1. The second-order valence-corrected chi connectivity index (χ2v) is 8.47. The van der Waals surface area contributed by atoms with Crippen molar-refractivity contribution in [3.63, 3.8) is 0 Å². The lowest BCUT2D eigenvalue weighted by Gasteiger charge is -2.24. The molecule has 0 radical (unpaired) electrons. The zero-order valence-electron chi connectivity index (χ0n) is 14.6.